The van der Waals surface area contributed by atoms with Crippen LogP contribution in [0.5, 0.6) is 0 Å². The van der Waals surface area contributed by atoms with Crippen molar-refractivity contribution in [1.29, 1.82) is 0 Å². The van der Waals surface area contributed by atoms with Gasteiger partial charge in [0.25, 0.3) is 0 Å². The third-order valence-corrected chi connectivity index (χ3v) is 4.36. The van der Waals surface area contributed by atoms with Crippen molar-refractivity contribution in [2.75, 3.05) is 13.1 Å². The summed E-state index contributed by atoms with van der Waals surface area (Å²) in [7, 11) is 0. The summed E-state index contributed by atoms with van der Waals surface area (Å²) in [6, 6.07) is 10.9. The zero-order valence-corrected chi connectivity index (χ0v) is 11.1. The Morgan fingerprint density at radius 2 is 2.11 bits per heavy atom. The summed E-state index contributed by atoms with van der Waals surface area (Å²) in [4.78, 5) is 3.57. The molecule has 0 bridgehead atoms. The third kappa shape index (κ3) is 2.30. The molecule has 0 unspecified atom stereocenters. The van der Waals surface area contributed by atoms with E-state index in [0.29, 0.717) is 0 Å². The van der Waals surface area contributed by atoms with Crippen molar-refractivity contribution < 1.29 is 0 Å². The minimum Gasteiger partial charge on any atom is -0.358 e. The molecule has 0 aliphatic carbocycles. The first-order valence-corrected chi connectivity index (χ1v) is 7.14. The number of hydrogen-bond acceptors (Lipinski definition) is 1. The molecule has 1 aromatic carbocycles. The molecule has 2 N–H and O–H groups in total. The second-order valence-electron chi connectivity index (χ2n) is 5.51. The third-order valence-electron chi connectivity index (χ3n) is 4.36. The molecule has 0 saturated carbocycles. The molecular formula is C16H22N2. The first-order chi connectivity index (χ1) is 8.86. The van der Waals surface area contributed by atoms with Crippen molar-refractivity contribution in [3.63, 3.8) is 0 Å². The predicted molar refractivity (Wildman–Crippen MR) is 76.8 cm³/mol. The number of para-hydroxylation sites is 1. The van der Waals surface area contributed by atoms with Crippen LogP contribution in [-0.4, -0.2) is 18.1 Å². The molecule has 1 aromatic heterocycles. The van der Waals surface area contributed by atoms with Crippen LogP contribution in [0.3, 0.4) is 0 Å². The van der Waals surface area contributed by atoms with Gasteiger partial charge in [-0.25, -0.2) is 0 Å². The topological polar surface area (TPSA) is 27.8 Å². The van der Waals surface area contributed by atoms with Gasteiger partial charge in [-0.05, 0) is 55.3 Å². The van der Waals surface area contributed by atoms with Crippen molar-refractivity contribution in [1.82, 2.24) is 10.3 Å². The monoisotopic (exact) mass is 242 g/mol. The van der Waals surface area contributed by atoms with Crippen LogP contribution in [0.25, 0.3) is 10.9 Å². The van der Waals surface area contributed by atoms with Crippen LogP contribution in [0.1, 0.15) is 25.5 Å². The predicted octanol–water partition coefficient (Wildman–Crippen LogP) is 3.35. The Morgan fingerprint density at radius 1 is 1.22 bits per heavy atom. The average molecular weight is 242 g/mol. The van der Waals surface area contributed by atoms with E-state index < -0.39 is 0 Å². The van der Waals surface area contributed by atoms with E-state index in [4.69, 9.17) is 0 Å². The number of benzene rings is 1. The van der Waals surface area contributed by atoms with Gasteiger partial charge in [-0.1, -0.05) is 31.5 Å². The van der Waals surface area contributed by atoms with E-state index in [1.807, 2.05) is 0 Å². The van der Waals surface area contributed by atoms with Gasteiger partial charge in [0.2, 0.25) is 0 Å². The van der Waals surface area contributed by atoms with Crippen molar-refractivity contribution in [2.24, 2.45) is 11.8 Å². The lowest BCUT2D eigenvalue weighted by molar-refractivity contribution is 0.245. The Labute approximate surface area is 109 Å². The second kappa shape index (κ2) is 5.15. The summed E-state index contributed by atoms with van der Waals surface area (Å²) in [6.07, 6.45) is 3.81. The maximum absolute atomic E-state index is 3.57. The Kier molecular flexibility index (Phi) is 3.37. The highest BCUT2D eigenvalue weighted by atomic mass is 14.9. The van der Waals surface area contributed by atoms with Crippen LogP contribution in [0.2, 0.25) is 0 Å². The van der Waals surface area contributed by atoms with Gasteiger partial charge in [-0.15, -0.1) is 0 Å². The van der Waals surface area contributed by atoms with Crippen molar-refractivity contribution in [3.8, 4) is 0 Å². The zero-order valence-electron chi connectivity index (χ0n) is 11.1. The van der Waals surface area contributed by atoms with Crippen molar-refractivity contribution in [2.45, 2.75) is 26.2 Å². The quantitative estimate of drug-likeness (QED) is 0.848. The van der Waals surface area contributed by atoms with Gasteiger partial charge in [0.15, 0.2) is 0 Å². The minimum atomic E-state index is 0.837. The van der Waals surface area contributed by atoms with Gasteiger partial charge in [0, 0.05) is 11.2 Å². The van der Waals surface area contributed by atoms with Crippen LogP contribution >= 0.6 is 0 Å². The Morgan fingerprint density at radius 3 is 2.94 bits per heavy atom. The highest BCUT2D eigenvalue weighted by Gasteiger charge is 2.23. The molecule has 3 rings (SSSR count). The van der Waals surface area contributed by atoms with Gasteiger partial charge in [0.1, 0.15) is 0 Å². The fraction of sp³-hybridized carbons (Fsp3) is 0.500. The lowest BCUT2D eigenvalue weighted by Crippen LogP contribution is -2.37. The molecule has 1 saturated heterocycles. The van der Waals surface area contributed by atoms with E-state index in [9.17, 15) is 0 Å². The fourth-order valence-corrected chi connectivity index (χ4v) is 3.25. The van der Waals surface area contributed by atoms with Gasteiger partial charge < -0.3 is 10.3 Å². The van der Waals surface area contributed by atoms with Crippen LogP contribution < -0.4 is 5.32 Å². The Balaban J connectivity index is 1.78. The van der Waals surface area contributed by atoms with Gasteiger partial charge in [0.05, 0.1) is 0 Å². The summed E-state index contributed by atoms with van der Waals surface area (Å²) >= 11 is 0. The van der Waals surface area contributed by atoms with E-state index in [2.05, 4.69) is 47.6 Å². The molecule has 2 heteroatoms. The second-order valence-corrected chi connectivity index (χ2v) is 5.51. The van der Waals surface area contributed by atoms with Crippen LogP contribution in [-0.2, 0) is 6.42 Å². The molecule has 0 spiro atoms. The molecule has 2 atom stereocenters. The highest BCUT2D eigenvalue weighted by molar-refractivity contribution is 5.80. The number of aromatic nitrogens is 1. The van der Waals surface area contributed by atoms with Gasteiger partial charge in [-0.3, -0.25) is 0 Å². The first-order valence-electron chi connectivity index (χ1n) is 7.14. The maximum Gasteiger partial charge on any atom is 0.0456 e. The van der Waals surface area contributed by atoms with Gasteiger partial charge >= 0.3 is 0 Å². The van der Waals surface area contributed by atoms with Crippen LogP contribution in [0.15, 0.2) is 30.3 Å². The molecule has 0 radical (unpaired) electrons. The molecule has 2 heterocycles. The van der Waals surface area contributed by atoms with Crippen LogP contribution in [0.4, 0.5) is 0 Å². The normalized spacial score (nSPS) is 24.5. The lowest BCUT2D eigenvalue weighted by atomic mass is 9.82. The Hall–Kier alpha value is -1.28. The van der Waals surface area contributed by atoms with Crippen LogP contribution in [0, 0.1) is 11.8 Å². The standard InChI is InChI=1S/C16H22N2/c1-2-12-11-17-8-7-13(12)9-15-10-14-5-3-4-6-16(14)18-15/h3-6,10,12-13,17-18H,2,7-9,11H2,1H3/t12-,13-/m1/s1. The number of nitrogens with one attached hydrogen (secondary N) is 2. The van der Waals surface area contributed by atoms with Crippen molar-refractivity contribution in [3.05, 3.63) is 36.0 Å². The SMILES string of the molecule is CC[C@@H]1CNCC[C@@H]1Cc1cc2ccccc2[nH]1. The molecule has 2 aromatic rings. The lowest BCUT2D eigenvalue weighted by Gasteiger charge is -2.31. The molecular weight excluding hydrogens is 220 g/mol. The van der Waals surface area contributed by atoms with E-state index in [1.165, 1.54) is 48.9 Å². The van der Waals surface area contributed by atoms with E-state index in [0.717, 1.165) is 11.8 Å². The summed E-state index contributed by atoms with van der Waals surface area (Å²) in [5.74, 6) is 1.68. The molecule has 0 amide bonds. The van der Waals surface area contributed by atoms with E-state index in [1.54, 1.807) is 0 Å². The fourth-order valence-electron chi connectivity index (χ4n) is 3.25. The summed E-state index contributed by atoms with van der Waals surface area (Å²) < 4.78 is 0. The molecule has 2 nitrogen and oxygen atoms in total. The Bertz CT molecular complexity index is 482. The number of piperidine rings is 1. The molecule has 1 fully saturated rings. The van der Waals surface area contributed by atoms with Crippen molar-refractivity contribution >= 4 is 10.9 Å². The first kappa shape index (κ1) is 11.8. The smallest absolute Gasteiger partial charge is 0.0456 e. The maximum atomic E-state index is 3.57. The summed E-state index contributed by atoms with van der Waals surface area (Å²) in [6.45, 7) is 4.69. The number of H-pyrrole nitrogens is 1. The minimum absolute atomic E-state index is 0.837. The molecule has 18 heavy (non-hydrogen) atoms. The molecule has 1 aliphatic heterocycles. The van der Waals surface area contributed by atoms with Gasteiger partial charge in [-0.2, -0.15) is 0 Å². The highest BCUT2D eigenvalue weighted by Crippen LogP contribution is 2.27. The molecule has 96 valence electrons. The van der Waals surface area contributed by atoms with E-state index >= 15 is 0 Å². The number of fused-ring (bicyclic) bond motifs is 1. The average Bonchev–Trinajstić information content (AvgIpc) is 2.81. The molecule has 1 aliphatic rings. The zero-order chi connectivity index (χ0) is 12.4. The summed E-state index contributed by atoms with van der Waals surface area (Å²) in [5.41, 5.74) is 2.68. The number of hydrogen-bond donors (Lipinski definition) is 2. The largest absolute Gasteiger partial charge is 0.358 e. The number of aromatic amines is 1. The number of rotatable bonds is 3. The van der Waals surface area contributed by atoms with E-state index in [-0.39, 0.29) is 0 Å². The summed E-state index contributed by atoms with van der Waals surface area (Å²) in [5, 5.41) is 4.86.